The second kappa shape index (κ2) is 5.97. The van der Waals surface area contributed by atoms with Crippen LogP contribution < -0.4 is 0 Å². The third kappa shape index (κ3) is 2.83. The van der Waals surface area contributed by atoms with Gasteiger partial charge in [0, 0.05) is 33.1 Å². The second-order valence-corrected chi connectivity index (χ2v) is 5.15. The van der Waals surface area contributed by atoms with Crippen molar-refractivity contribution >= 4 is 11.8 Å². The first-order chi connectivity index (χ1) is 10.6. The van der Waals surface area contributed by atoms with Crippen LogP contribution in [0.3, 0.4) is 0 Å². The van der Waals surface area contributed by atoms with Crippen LogP contribution in [-0.4, -0.2) is 62.6 Å². The molecule has 0 aliphatic carbocycles. The molecule has 0 bridgehead atoms. The molecule has 0 saturated carbocycles. The normalized spacial score (nSPS) is 15.0. The molecule has 2 heterocycles. The number of carbonyl (C=O) groups excluding carboxylic acids is 2. The van der Waals surface area contributed by atoms with Crippen LogP contribution in [0.4, 0.5) is 0 Å². The predicted octanol–water partition coefficient (Wildman–Crippen LogP) is 0.572. The molecule has 0 N–H and O–H groups in total. The van der Waals surface area contributed by atoms with Gasteiger partial charge in [-0.15, -0.1) is 5.10 Å². The van der Waals surface area contributed by atoms with E-state index in [2.05, 4.69) is 10.1 Å². The summed E-state index contributed by atoms with van der Waals surface area (Å²) in [5.74, 6) is 0.0246. The van der Waals surface area contributed by atoms with E-state index < -0.39 is 0 Å². The van der Waals surface area contributed by atoms with Gasteiger partial charge in [-0.05, 0) is 12.1 Å². The standard InChI is InChI=1S/C15H17N5O2/c1-12(21)18-7-9-19(10-8-18)15(22)14-16-11-20(17-14)13-5-3-2-4-6-13/h2-6,11H,7-10H2,1H3. The summed E-state index contributed by atoms with van der Waals surface area (Å²) < 4.78 is 1.58. The number of hydrogen-bond donors (Lipinski definition) is 0. The molecule has 0 atom stereocenters. The van der Waals surface area contributed by atoms with Gasteiger partial charge in [0.2, 0.25) is 11.7 Å². The quantitative estimate of drug-likeness (QED) is 0.813. The van der Waals surface area contributed by atoms with Gasteiger partial charge in [-0.1, -0.05) is 18.2 Å². The van der Waals surface area contributed by atoms with Crippen molar-refractivity contribution in [1.82, 2.24) is 24.6 Å². The van der Waals surface area contributed by atoms with Crippen molar-refractivity contribution in [2.24, 2.45) is 0 Å². The third-order valence-electron chi connectivity index (χ3n) is 3.72. The molecular weight excluding hydrogens is 282 g/mol. The molecular formula is C15H17N5O2. The highest BCUT2D eigenvalue weighted by atomic mass is 16.2. The first-order valence-electron chi connectivity index (χ1n) is 7.17. The van der Waals surface area contributed by atoms with Gasteiger partial charge in [0.15, 0.2) is 0 Å². The zero-order valence-corrected chi connectivity index (χ0v) is 12.3. The van der Waals surface area contributed by atoms with Crippen LogP contribution >= 0.6 is 0 Å². The Morgan fingerprint density at radius 1 is 1.00 bits per heavy atom. The molecule has 2 amide bonds. The maximum Gasteiger partial charge on any atom is 0.293 e. The van der Waals surface area contributed by atoms with Crippen LogP contribution in [0.2, 0.25) is 0 Å². The smallest absolute Gasteiger partial charge is 0.293 e. The van der Waals surface area contributed by atoms with Gasteiger partial charge in [0.05, 0.1) is 5.69 Å². The Labute approximate surface area is 128 Å². The van der Waals surface area contributed by atoms with Crippen molar-refractivity contribution in [2.45, 2.75) is 6.92 Å². The number of benzene rings is 1. The Bertz CT molecular complexity index is 674. The number of piperazine rings is 1. The summed E-state index contributed by atoms with van der Waals surface area (Å²) in [4.78, 5) is 31.2. The number of rotatable bonds is 2. The summed E-state index contributed by atoms with van der Waals surface area (Å²) in [5.41, 5.74) is 0.857. The predicted molar refractivity (Wildman–Crippen MR) is 79.5 cm³/mol. The minimum absolute atomic E-state index is 0.0404. The van der Waals surface area contributed by atoms with E-state index in [-0.39, 0.29) is 17.6 Å². The van der Waals surface area contributed by atoms with Crippen molar-refractivity contribution in [1.29, 1.82) is 0 Å². The summed E-state index contributed by atoms with van der Waals surface area (Å²) in [5, 5.41) is 4.24. The van der Waals surface area contributed by atoms with Crippen molar-refractivity contribution in [2.75, 3.05) is 26.2 Å². The summed E-state index contributed by atoms with van der Waals surface area (Å²) >= 11 is 0. The summed E-state index contributed by atoms with van der Waals surface area (Å²) in [6.45, 7) is 3.68. The Balaban J connectivity index is 1.69. The summed E-state index contributed by atoms with van der Waals surface area (Å²) in [6.07, 6.45) is 1.54. The van der Waals surface area contributed by atoms with Gasteiger partial charge in [-0.25, -0.2) is 9.67 Å². The van der Waals surface area contributed by atoms with Gasteiger partial charge in [0.1, 0.15) is 6.33 Å². The van der Waals surface area contributed by atoms with E-state index in [0.717, 1.165) is 5.69 Å². The Kier molecular flexibility index (Phi) is 3.86. The van der Waals surface area contributed by atoms with Crippen LogP contribution in [-0.2, 0) is 4.79 Å². The lowest BCUT2D eigenvalue weighted by Crippen LogP contribution is -2.50. The average Bonchev–Trinajstić information content (AvgIpc) is 3.05. The van der Waals surface area contributed by atoms with E-state index in [4.69, 9.17) is 0 Å². The molecule has 1 aliphatic rings. The fraction of sp³-hybridized carbons (Fsp3) is 0.333. The lowest BCUT2D eigenvalue weighted by Gasteiger charge is -2.33. The maximum atomic E-state index is 12.4. The number of para-hydroxylation sites is 1. The van der Waals surface area contributed by atoms with E-state index in [0.29, 0.717) is 26.2 Å². The van der Waals surface area contributed by atoms with Crippen LogP contribution in [0, 0.1) is 0 Å². The highest BCUT2D eigenvalue weighted by Gasteiger charge is 2.25. The summed E-state index contributed by atoms with van der Waals surface area (Å²) in [7, 11) is 0. The van der Waals surface area contributed by atoms with E-state index in [1.165, 1.54) is 6.33 Å². The second-order valence-electron chi connectivity index (χ2n) is 5.15. The summed E-state index contributed by atoms with van der Waals surface area (Å²) in [6, 6.07) is 9.52. The third-order valence-corrected chi connectivity index (χ3v) is 3.72. The largest absolute Gasteiger partial charge is 0.339 e. The van der Waals surface area contributed by atoms with Gasteiger partial charge >= 0.3 is 0 Å². The van der Waals surface area contributed by atoms with Gasteiger partial charge < -0.3 is 9.80 Å². The lowest BCUT2D eigenvalue weighted by molar-refractivity contribution is -0.130. The Morgan fingerprint density at radius 3 is 2.27 bits per heavy atom. The molecule has 7 nitrogen and oxygen atoms in total. The van der Waals surface area contributed by atoms with Crippen molar-refractivity contribution in [3.8, 4) is 5.69 Å². The molecule has 22 heavy (non-hydrogen) atoms. The zero-order valence-electron chi connectivity index (χ0n) is 12.3. The zero-order chi connectivity index (χ0) is 15.5. The molecule has 114 valence electrons. The fourth-order valence-corrected chi connectivity index (χ4v) is 2.43. The average molecular weight is 299 g/mol. The van der Waals surface area contributed by atoms with Crippen LogP contribution in [0.5, 0.6) is 0 Å². The highest BCUT2D eigenvalue weighted by molar-refractivity contribution is 5.90. The van der Waals surface area contributed by atoms with Gasteiger partial charge in [-0.3, -0.25) is 9.59 Å². The molecule has 1 fully saturated rings. The van der Waals surface area contributed by atoms with E-state index in [9.17, 15) is 9.59 Å². The fourth-order valence-electron chi connectivity index (χ4n) is 2.43. The van der Waals surface area contributed by atoms with Crippen molar-refractivity contribution < 1.29 is 9.59 Å². The number of aromatic nitrogens is 3. The number of hydrogen-bond acceptors (Lipinski definition) is 4. The molecule has 3 rings (SSSR count). The van der Waals surface area contributed by atoms with Crippen molar-refractivity contribution in [3.63, 3.8) is 0 Å². The molecule has 0 spiro atoms. The topological polar surface area (TPSA) is 71.3 Å². The van der Waals surface area contributed by atoms with E-state index >= 15 is 0 Å². The number of nitrogens with zero attached hydrogens (tertiary/aromatic N) is 5. The molecule has 2 aromatic rings. The minimum atomic E-state index is -0.196. The monoisotopic (exact) mass is 299 g/mol. The Hall–Kier alpha value is -2.70. The molecule has 1 aromatic heterocycles. The maximum absolute atomic E-state index is 12.4. The van der Waals surface area contributed by atoms with E-state index in [1.54, 1.807) is 21.4 Å². The molecule has 1 aromatic carbocycles. The number of amides is 2. The van der Waals surface area contributed by atoms with Gasteiger partial charge in [-0.2, -0.15) is 0 Å². The minimum Gasteiger partial charge on any atom is -0.339 e. The molecule has 0 radical (unpaired) electrons. The number of carbonyl (C=O) groups is 2. The van der Waals surface area contributed by atoms with Crippen LogP contribution in [0.1, 0.15) is 17.5 Å². The molecule has 7 heteroatoms. The first-order valence-corrected chi connectivity index (χ1v) is 7.17. The van der Waals surface area contributed by atoms with E-state index in [1.807, 2.05) is 30.3 Å². The lowest BCUT2D eigenvalue weighted by atomic mass is 10.3. The van der Waals surface area contributed by atoms with Crippen LogP contribution in [0.25, 0.3) is 5.69 Å². The molecule has 1 aliphatic heterocycles. The SMILES string of the molecule is CC(=O)N1CCN(C(=O)c2ncn(-c3ccccc3)n2)CC1. The Morgan fingerprint density at radius 2 is 1.64 bits per heavy atom. The van der Waals surface area contributed by atoms with Crippen molar-refractivity contribution in [3.05, 3.63) is 42.5 Å². The molecule has 0 unspecified atom stereocenters. The molecule has 1 saturated heterocycles. The van der Waals surface area contributed by atoms with Crippen LogP contribution in [0.15, 0.2) is 36.7 Å². The first kappa shape index (κ1) is 14.2. The van der Waals surface area contributed by atoms with Gasteiger partial charge in [0.25, 0.3) is 5.91 Å². The highest BCUT2D eigenvalue weighted by Crippen LogP contribution is 2.08.